The minimum atomic E-state index is -0.210. The second kappa shape index (κ2) is 5.61. The van der Waals surface area contributed by atoms with Gasteiger partial charge >= 0.3 is 0 Å². The van der Waals surface area contributed by atoms with Crippen LogP contribution in [0.1, 0.15) is 9.67 Å². The van der Waals surface area contributed by atoms with E-state index in [1.807, 2.05) is 0 Å². The molecule has 0 aliphatic rings. The molecule has 0 unspecified atom stereocenters. The predicted octanol–water partition coefficient (Wildman–Crippen LogP) is 4.76. The molecular weight excluding hydrogens is 403 g/mol. The van der Waals surface area contributed by atoms with Crippen LogP contribution in [0.15, 0.2) is 33.2 Å². The molecular formula is C11H7Br2ClN2OS. The average molecular weight is 411 g/mol. The van der Waals surface area contributed by atoms with Crippen LogP contribution < -0.4 is 11.1 Å². The molecule has 0 radical (unpaired) electrons. The quantitative estimate of drug-likeness (QED) is 0.702. The topological polar surface area (TPSA) is 55.1 Å². The Kier molecular flexibility index (Phi) is 4.32. The lowest BCUT2D eigenvalue weighted by Crippen LogP contribution is -2.11. The number of nitrogens with one attached hydrogen (secondary N) is 1. The summed E-state index contributed by atoms with van der Waals surface area (Å²) in [6, 6.07) is 6.82. The van der Waals surface area contributed by atoms with E-state index < -0.39 is 0 Å². The fraction of sp³-hybridized carbons (Fsp3) is 0. The monoisotopic (exact) mass is 408 g/mol. The summed E-state index contributed by atoms with van der Waals surface area (Å²) in [4.78, 5) is 12.5. The van der Waals surface area contributed by atoms with Crippen LogP contribution in [0.4, 0.5) is 11.4 Å². The van der Waals surface area contributed by atoms with Crippen molar-refractivity contribution in [2.75, 3.05) is 11.1 Å². The summed E-state index contributed by atoms with van der Waals surface area (Å²) in [6.45, 7) is 0. The largest absolute Gasteiger partial charge is 0.399 e. The lowest BCUT2D eigenvalue weighted by molar-refractivity contribution is 0.103. The number of nitrogens with two attached hydrogens (primary N) is 1. The second-order valence-electron chi connectivity index (χ2n) is 3.42. The van der Waals surface area contributed by atoms with Gasteiger partial charge in [0.15, 0.2) is 0 Å². The molecule has 0 fully saturated rings. The highest BCUT2D eigenvalue weighted by molar-refractivity contribution is 9.11. The molecule has 0 spiro atoms. The normalized spacial score (nSPS) is 10.4. The van der Waals surface area contributed by atoms with Gasteiger partial charge < -0.3 is 11.1 Å². The highest BCUT2D eigenvalue weighted by atomic mass is 79.9. The zero-order valence-corrected chi connectivity index (χ0v) is 13.6. The molecule has 1 heterocycles. The van der Waals surface area contributed by atoms with Gasteiger partial charge in [-0.15, -0.1) is 11.3 Å². The molecule has 2 aromatic rings. The minimum absolute atomic E-state index is 0.210. The van der Waals surface area contributed by atoms with Crippen molar-refractivity contribution in [2.24, 2.45) is 0 Å². The van der Waals surface area contributed by atoms with E-state index in [4.69, 9.17) is 17.3 Å². The smallest absolute Gasteiger partial charge is 0.265 e. The van der Waals surface area contributed by atoms with Gasteiger partial charge in [0.25, 0.3) is 5.91 Å². The lowest BCUT2D eigenvalue weighted by Gasteiger charge is -2.09. The van der Waals surface area contributed by atoms with Gasteiger partial charge in [0.1, 0.15) is 0 Å². The maximum atomic E-state index is 12.0. The van der Waals surface area contributed by atoms with Crippen LogP contribution in [-0.4, -0.2) is 5.91 Å². The van der Waals surface area contributed by atoms with E-state index in [0.717, 1.165) is 0 Å². The highest BCUT2D eigenvalue weighted by Crippen LogP contribution is 2.34. The van der Waals surface area contributed by atoms with E-state index in [0.29, 0.717) is 29.5 Å². The van der Waals surface area contributed by atoms with Crippen molar-refractivity contribution in [3.05, 3.63) is 42.4 Å². The number of halogens is 3. The van der Waals surface area contributed by atoms with Crippen molar-refractivity contribution >= 4 is 72.1 Å². The molecule has 0 aliphatic carbocycles. The molecule has 2 rings (SSSR count). The van der Waals surface area contributed by atoms with Crippen LogP contribution in [0.5, 0.6) is 0 Å². The van der Waals surface area contributed by atoms with Crippen LogP contribution in [0, 0.1) is 0 Å². The molecule has 0 saturated carbocycles. The van der Waals surface area contributed by atoms with Crippen molar-refractivity contribution in [1.82, 2.24) is 0 Å². The van der Waals surface area contributed by atoms with Crippen molar-refractivity contribution in [3.8, 4) is 0 Å². The van der Waals surface area contributed by atoms with Gasteiger partial charge in [-0.3, -0.25) is 4.79 Å². The second-order valence-corrected chi connectivity index (χ2v) is 6.84. The number of anilines is 2. The summed E-state index contributed by atoms with van der Waals surface area (Å²) >= 11 is 13.7. The lowest BCUT2D eigenvalue weighted by atomic mass is 10.3. The Labute approximate surface area is 130 Å². The van der Waals surface area contributed by atoms with Gasteiger partial charge in [0.05, 0.1) is 14.9 Å². The summed E-state index contributed by atoms with van der Waals surface area (Å²) < 4.78 is 2.01. The number of hydrogen-bond acceptors (Lipinski definition) is 3. The summed E-state index contributed by atoms with van der Waals surface area (Å²) in [7, 11) is 0. The SMILES string of the molecule is Nc1cc(Br)c(NC(=O)c2ccc(Cl)s2)c(Br)c1. The molecule has 1 amide bonds. The third-order valence-electron chi connectivity index (χ3n) is 2.10. The van der Waals surface area contributed by atoms with Gasteiger partial charge in [0.2, 0.25) is 0 Å². The molecule has 0 atom stereocenters. The summed E-state index contributed by atoms with van der Waals surface area (Å²) in [6.07, 6.45) is 0. The van der Waals surface area contributed by atoms with Gasteiger partial charge in [-0.2, -0.15) is 0 Å². The molecule has 3 N–H and O–H groups in total. The number of rotatable bonds is 2. The van der Waals surface area contributed by atoms with Gasteiger partial charge in [-0.1, -0.05) is 11.6 Å². The Morgan fingerprint density at radius 2 is 1.89 bits per heavy atom. The summed E-state index contributed by atoms with van der Waals surface area (Å²) in [5.74, 6) is -0.210. The maximum absolute atomic E-state index is 12.0. The number of carbonyl (C=O) groups excluding carboxylic acids is 1. The van der Waals surface area contributed by atoms with Crippen LogP contribution in [0.2, 0.25) is 4.34 Å². The molecule has 3 nitrogen and oxygen atoms in total. The number of amides is 1. The van der Waals surface area contributed by atoms with Crippen molar-refractivity contribution < 1.29 is 4.79 Å². The summed E-state index contributed by atoms with van der Waals surface area (Å²) in [5, 5.41) is 2.80. The van der Waals surface area contributed by atoms with E-state index in [1.54, 1.807) is 24.3 Å². The van der Waals surface area contributed by atoms with Crippen molar-refractivity contribution in [3.63, 3.8) is 0 Å². The van der Waals surface area contributed by atoms with Crippen LogP contribution >= 0.6 is 54.8 Å². The number of hydrogen-bond donors (Lipinski definition) is 2. The Hall–Kier alpha value is -0.560. The first-order valence-corrected chi connectivity index (χ1v) is 7.56. The Balaban J connectivity index is 2.27. The zero-order valence-electron chi connectivity index (χ0n) is 8.84. The van der Waals surface area contributed by atoms with E-state index in [-0.39, 0.29) is 5.91 Å². The Morgan fingerprint density at radius 3 is 2.39 bits per heavy atom. The third kappa shape index (κ3) is 3.06. The predicted molar refractivity (Wildman–Crippen MR) is 83.5 cm³/mol. The highest BCUT2D eigenvalue weighted by Gasteiger charge is 2.13. The molecule has 0 aliphatic heterocycles. The van der Waals surface area contributed by atoms with Crippen LogP contribution in [0.25, 0.3) is 0 Å². The summed E-state index contributed by atoms with van der Waals surface area (Å²) in [5.41, 5.74) is 6.93. The first kappa shape index (κ1) is 13.9. The molecule has 0 saturated heterocycles. The number of benzene rings is 1. The first-order valence-electron chi connectivity index (χ1n) is 4.78. The van der Waals surface area contributed by atoms with E-state index in [1.165, 1.54) is 11.3 Å². The van der Waals surface area contributed by atoms with Crippen molar-refractivity contribution in [1.29, 1.82) is 0 Å². The fourth-order valence-corrected chi connectivity index (χ4v) is 3.68. The van der Waals surface area contributed by atoms with Crippen molar-refractivity contribution in [2.45, 2.75) is 0 Å². The van der Waals surface area contributed by atoms with E-state index in [2.05, 4.69) is 37.2 Å². The maximum Gasteiger partial charge on any atom is 0.265 e. The Morgan fingerprint density at radius 1 is 1.28 bits per heavy atom. The van der Waals surface area contributed by atoms with Crippen LogP contribution in [-0.2, 0) is 0 Å². The van der Waals surface area contributed by atoms with E-state index in [9.17, 15) is 4.79 Å². The molecule has 1 aromatic heterocycles. The third-order valence-corrected chi connectivity index (χ3v) is 4.58. The molecule has 1 aromatic carbocycles. The van der Waals surface area contributed by atoms with Crippen LogP contribution in [0.3, 0.4) is 0 Å². The standard InChI is InChI=1S/C11H7Br2ClN2OS/c12-6-3-5(15)4-7(13)10(6)16-11(17)8-1-2-9(14)18-8/h1-4H,15H2,(H,16,17). The number of carbonyl (C=O) groups is 1. The van der Waals surface area contributed by atoms with Gasteiger partial charge in [0, 0.05) is 14.6 Å². The zero-order chi connectivity index (χ0) is 13.3. The molecule has 0 bridgehead atoms. The first-order chi connectivity index (χ1) is 8.47. The average Bonchev–Trinajstić information content (AvgIpc) is 2.70. The van der Waals surface area contributed by atoms with Gasteiger partial charge in [-0.25, -0.2) is 0 Å². The minimum Gasteiger partial charge on any atom is -0.399 e. The number of nitrogen functional groups attached to an aromatic ring is 1. The van der Waals surface area contributed by atoms with E-state index >= 15 is 0 Å². The Bertz CT molecular complexity index is 592. The van der Waals surface area contributed by atoms with Gasteiger partial charge in [-0.05, 0) is 56.1 Å². The number of thiophene rings is 1. The molecule has 18 heavy (non-hydrogen) atoms. The molecule has 7 heteroatoms. The molecule has 94 valence electrons. The fourth-order valence-electron chi connectivity index (χ4n) is 1.32.